The number of ether oxygens (including phenoxy) is 3. The highest BCUT2D eigenvalue weighted by molar-refractivity contribution is 5.75. The lowest BCUT2D eigenvalue weighted by Crippen LogP contribution is -2.35. The van der Waals surface area contributed by atoms with E-state index in [9.17, 15) is 4.79 Å². The summed E-state index contributed by atoms with van der Waals surface area (Å²) in [4.78, 5) is 11.8. The van der Waals surface area contributed by atoms with E-state index in [1.54, 1.807) is 0 Å². The summed E-state index contributed by atoms with van der Waals surface area (Å²) >= 11 is 0. The van der Waals surface area contributed by atoms with Gasteiger partial charge in [0.15, 0.2) is 12.4 Å². The molecule has 0 N–H and O–H groups in total. The highest BCUT2D eigenvalue weighted by atomic mass is 16.7. The van der Waals surface area contributed by atoms with E-state index in [0.717, 1.165) is 24.8 Å². The van der Waals surface area contributed by atoms with Gasteiger partial charge in [-0.3, -0.25) is 0 Å². The first-order valence-electron chi connectivity index (χ1n) is 6.68. The Hall–Kier alpha value is -1.39. The number of rotatable bonds is 5. The molecule has 1 saturated heterocycles. The molecule has 0 unspecified atom stereocenters. The summed E-state index contributed by atoms with van der Waals surface area (Å²) in [5.74, 6) is -0.349. The van der Waals surface area contributed by atoms with Crippen molar-refractivity contribution in [3.8, 4) is 0 Å². The Morgan fingerprint density at radius 1 is 1.37 bits per heavy atom. The van der Waals surface area contributed by atoms with Crippen molar-refractivity contribution in [3.05, 3.63) is 35.9 Å². The normalized spacial score (nSPS) is 20.8. The van der Waals surface area contributed by atoms with E-state index in [0.29, 0.717) is 13.0 Å². The Morgan fingerprint density at radius 3 is 2.79 bits per heavy atom. The van der Waals surface area contributed by atoms with Crippen LogP contribution in [-0.4, -0.2) is 32.1 Å². The summed E-state index contributed by atoms with van der Waals surface area (Å²) in [5.41, 5.74) is 1.05. The molecule has 0 radical (unpaired) electrons. The van der Waals surface area contributed by atoms with Crippen LogP contribution in [0.3, 0.4) is 0 Å². The second-order valence-electron chi connectivity index (χ2n) is 4.63. The lowest BCUT2D eigenvalue weighted by molar-refractivity contribution is -0.202. The maximum Gasteiger partial charge on any atom is 0.335 e. The van der Waals surface area contributed by atoms with Crippen molar-refractivity contribution < 1.29 is 19.0 Å². The minimum absolute atomic E-state index is 0.290. The lowest BCUT2D eigenvalue weighted by atomic mass is 10.1. The van der Waals surface area contributed by atoms with Crippen LogP contribution >= 0.6 is 0 Å². The van der Waals surface area contributed by atoms with Crippen LogP contribution < -0.4 is 0 Å². The van der Waals surface area contributed by atoms with E-state index in [4.69, 9.17) is 14.2 Å². The van der Waals surface area contributed by atoms with Crippen molar-refractivity contribution in [3.63, 3.8) is 0 Å². The Bertz CT molecular complexity index is 384. The zero-order chi connectivity index (χ0) is 13.5. The number of hydrogen-bond donors (Lipinski definition) is 0. The van der Waals surface area contributed by atoms with Gasteiger partial charge in [0.1, 0.15) is 0 Å². The molecule has 1 aromatic carbocycles. The summed E-state index contributed by atoms with van der Waals surface area (Å²) in [6, 6.07) is 9.78. The van der Waals surface area contributed by atoms with E-state index in [1.807, 2.05) is 30.3 Å². The molecule has 4 heteroatoms. The molecule has 0 aliphatic carbocycles. The van der Waals surface area contributed by atoms with Crippen LogP contribution in [0.4, 0.5) is 0 Å². The molecule has 0 amide bonds. The average Bonchev–Trinajstić information content (AvgIpc) is 2.48. The fourth-order valence-electron chi connectivity index (χ4n) is 2.15. The van der Waals surface area contributed by atoms with E-state index in [-0.39, 0.29) is 12.3 Å². The first kappa shape index (κ1) is 14.0. The van der Waals surface area contributed by atoms with Crippen LogP contribution in [0.1, 0.15) is 24.8 Å². The van der Waals surface area contributed by atoms with Crippen LogP contribution in [0.5, 0.6) is 0 Å². The zero-order valence-electron chi connectivity index (χ0n) is 11.2. The number of methoxy groups -OCH3 is 1. The highest BCUT2D eigenvalue weighted by Gasteiger charge is 2.26. The van der Waals surface area contributed by atoms with Gasteiger partial charge in [-0.05, 0) is 24.8 Å². The molecule has 1 aromatic rings. The summed E-state index contributed by atoms with van der Waals surface area (Å²) in [6.07, 6.45) is 2.58. The Balaban J connectivity index is 1.97. The number of benzene rings is 1. The monoisotopic (exact) mass is 264 g/mol. The Kier molecular flexibility index (Phi) is 5.36. The number of carbonyl (C=O) groups excluding carboxylic acids is 1. The molecular formula is C15H20O4. The molecule has 0 bridgehead atoms. The van der Waals surface area contributed by atoms with Crippen molar-refractivity contribution in [1.29, 1.82) is 0 Å². The molecule has 104 valence electrons. The predicted molar refractivity (Wildman–Crippen MR) is 70.6 cm³/mol. The molecule has 19 heavy (non-hydrogen) atoms. The quantitative estimate of drug-likeness (QED) is 0.766. The largest absolute Gasteiger partial charge is 0.467 e. The third-order valence-corrected chi connectivity index (χ3v) is 3.18. The second-order valence-corrected chi connectivity index (χ2v) is 4.63. The van der Waals surface area contributed by atoms with Gasteiger partial charge in [-0.2, -0.15) is 0 Å². The van der Waals surface area contributed by atoms with Crippen LogP contribution in [0, 0.1) is 0 Å². The molecule has 1 aliphatic rings. The molecule has 1 aliphatic heterocycles. The molecule has 1 fully saturated rings. The number of hydrogen-bond acceptors (Lipinski definition) is 4. The molecule has 0 aromatic heterocycles. The van der Waals surface area contributed by atoms with Gasteiger partial charge in [0.2, 0.25) is 0 Å². The van der Waals surface area contributed by atoms with Gasteiger partial charge in [-0.1, -0.05) is 30.3 Å². The highest BCUT2D eigenvalue weighted by Crippen LogP contribution is 2.18. The van der Waals surface area contributed by atoms with Gasteiger partial charge in [0.05, 0.1) is 7.11 Å². The van der Waals surface area contributed by atoms with Crippen molar-refractivity contribution >= 4 is 5.97 Å². The Labute approximate surface area is 113 Å². The van der Waals surface area contributed by atoms with Crippen molar-refractivity contribution in [2.45, 2.75) is 38.1 Å². The van der Waals surface area contributed by atoms with Crippen molar-refractivity contribution in [2.75, 3.05) is 13.7 Å². The van der Waals surface area contributed by atoms with E-state index < -0.39 is 6.10 Å². The third kappa shape index (κ3) is 4.33. The summed E-state index contributed by atoms with van der Waals surface area (Å²) in [5, 5.41) is 0. The smallest absolute Gasteiger partial charge is 0.335 e. The molecule has 0 spiro atoms. The molecule has 4 nitrogen and oxygen atoms in total. The lowest BCUT2D eigenvalue weighted by Gasteiger charge is -2.26. The minimum atomic E-state index is -0.601. The standard InChI is InChI=1S/C15H20O4/c1-17-15(16)13(11-12-7-3-2-4-8-12)19-14-9-5-6-10-18-14/h2-4,7-8,13-14H,5-6,9-11H2,1H3/t13-,14-/m0/s1. The van der Waals surface area contributed by atoms with E-state index >= 15 is 0 Å². The number of esters is 1. The van der Waals surface area contributed by atoms with Crippen molar-refractivity contribution in [1.82, 2.24) is 0 Å². The van der Waals surface area contributed by atoms with Gasteiger partial charge < -0.3 is 14.2 Å². The van der Waals surface area contributed by atoms with Crippen LogP contribution in [0.2, 0.25) is 0 Å². The fraction of sp³-hybridized carbons (Fsp3) is 0.533. The summed E-state index contributed by atoms with van der Waals surface area (Å²) in [7, 11) is 1.38. The van der Waals surface area contributed by atoms with Crippen LogP contribution in [-0.2, 0) is 25.4 Å². The zero-order valence-corrected chi connectivity index (χ0v) is 11.2. The maximum atomic E-state index is 11.8. The molecule has 2 rings (SSSR count). The van der Waals surface area contributed by atoms with Gasteiger partial charge in [-0.15, -0.1) is 0 Å². The molecule has 0 saturated carbocycles. The second kappa shape index (κ2) is 7.26. The Morgan fingerprint density at radius 2 is 2.16 bits per heavy atom. The summed E-state index contributed by atoms with van der Waals surface area (Å²) < 4.78 is 16.1. The van der Waals surface area contributed by atoms with Gasteiger partial charge >= 0.3 is 5.97 Å². The van der Waals surface area contributed by atoms with Gasteiger partial charge in [-0.25, -0.2) is 4.79 Å². The van der Waals surface area contributed by atoms with Crippen molar-refractivity contribution in [2.24, 2.45) is 0 Å². The predicted octanol–water partition coefficient (Wildman–Crippen LogP) is 2.31. The van der Waals surface area contributed by atoms with Gasteiger partial charge in [0.25, 0.3) is 0 Å². The first-order valence-corrected chi connectivity index (χ1v) is 6.68. The number of carbonyl (C=O) groups is 1. The minimum Gasteiger partial charge on any atom is -0.467 e. The molecule has 2 atom stereocenters. The molecule has 1 heterocycles. The van der Waals surface area contributed by atoms with E-state index in [2.05, 4.69) is 0 Å². The van der Waals surface area contributed by atoms with Crippen LogP contribution in [0.25, 0.3) is 0 Å². The summed E-state index contributed by atoms with van der Waals surface area (Å²) in [6.45, 7) is 0.698. The van der Waals surface area contributed by atoms with E-state index in [1.165, 1.54) is 7.11 Å². The SMILES string of the molecule is COC(=O)[C@H](Cc1ccccc1)O[C@H]1CCCCO1. The maximum absolute atomic E-state index is 11.8. The average molecular weight is 264 g/mol. The topological polar surface area (TPSA) is 44.8 Å². The third-order valence-electron chi connectivity index (χ3n) is 3.18. The van der Waals surface area contributed by atoms with Gasteiger partial charge in [0, 0.05) is 13.0 Å². The molecular weight excluding hydrogens is 244 g/mol. The first-order chi connectivity index (χ1) is 9.29. The fourth-order valence-corrected chi connectivity index (χ4v) is 2.15. The van der Waals surface area contributed by atoms with Crippen LogP contribution in [0.15, 0.2) is 30.3 Å².